The van der Waals surface area contributed by atoms with Gasteiger partial charge in [0.1, 0.15) is 0 Å². The lowest BCUT2D eigenvalue weighted by atomic mass is 9.67. The summed E-state index contributed by atoms with van der Waals surface area (Å²) in [5, 5.41) is 12.8. The van der Waals surface area contributed by atoms with Crippen molar-refractivity contribution >= 4 is 23.2 Å². The summed E-state index contributed by atoms with van der Waals surface area (Å²) in [5.74, 6) is 0.142. The Labute approximate surface area is 166 Å². The van der Waals surface area contributed by atoms with Crippen LogP contribution in [0.15, 0.2) is 48.5 Å². The molecule has 3 unspecified atom stereocenters. The molecule has 1 saturated carbocycles. The zero-order chi connectivity index (χ0) is 18.7. The van der Waals surface area contributed by atoms with Crippen molar-refractivity contribution in [2.75, 3.05) is 14.1 Å². The number of rotatable bonds is 5. The summed E-state index contributed by atoms with van der Waals surface area (Å²) in [7, 11) is 4.15. The van der Waals surface area contributed by atoms with Gasteiger partial charge >= 0.3 is 0 Å². The number of benzene rings is 2. The van der Waals surface area contributed by atoms with E-state index in [2.05, 4.69) is 31.1 Å². The highest BCUT2D eigenvalue weighted by Crippen LogP contribution is 2.45. The van der Waals surface area contributed by atoms with Gasteiger partial charge in [0.15, 0.2) is 0 Å². The Kier molecular flexibility index (Phi) is 6.29. The molecule has 1 aliphatic rings. The second-order valence-electron chi connectivity index (χ2n) is 7.70. The summed E-state index contributed by atoms with van der Waals surface area (Å²) in [6, 6.07) is 16.2. The Balaban J connectivity index is 1.96. The van der Waals surface area contributed by atoms with Gasteiger partial charge in [-0.1, -0.05) is 72.4 Å². The molecule has 1 N–H and O–H groups in total. The van der Waals surface area contributed by atoms with Gasteiger partial charge in [-0.05, 0) is 50.2 Å². The molecular weight excluding hydrogens is 365 g/mol. The van der Waals surface area contributed by atoms with Crippen molar-refractivity contribution in [3.8, 4) is 0 Å². The standard InChI is InChI=1S/C22H27Cl2NO/c1-25(2)21(17-11-12-19(23)20(24)14-17)18-10-6-7-13-22(18,26)15-16-8-4-3-5-9-16/h3-5,8-9,11-12,14,18,21,26H,6-7,10,13,15H2,1-2H3. The topological polar surface area (TPSA) is 23.5 Å². The van der Waals surface area contributed by atoms with E-state index in [1.54, 1.807) is 0 Å². The lowest BCUT2D eigenvalue weighted by Crippen LogP contribution is -2.48. The lowest BCUT2D eigenvalue weighted by Gasteiger charge is -2.46. The van der Waals surface area contributed by atoms with Crippen molar-refractivity contribution in [3.63, 3.8) is 0 Å². The second kappa shape index (κ2) is 8.31. The van der Waals surface area contributed by atoms with Gasteiger partial charge < -0.3 is 10.0 Å². The number of nitrogens with zero attached hydrogens (tertiary/aromatic N) is 1. The van der Waals surface area contributed by atoms with Crippen LogP contribution in [0.5, 0.6) is 0 Å². The smallest absolute Gasteiger partial charge is 0.0734 e. The van der Waals surface area contributed by atoms with Gasteiger partial charge in [-0.3, -0.25) is 0 Å². The highest BCUT2D eigenvalue weighted by atomic mass is 35.5. The predicted octanol–water partition coefficient (Wildman–Crippen LogP) is 5.76. The van der Waals surface area contributed by atoms with E-state index in [0.29, 0.717) is 16.5 Å². The summed E-state index contributed by atoms with van der Waals surface area (Å²) in [4.78, 5) is 2.20. The molecule has 3 rings (SSSR count). The molecule has 26 heavy (non-hydrogen) atoms. The van der Waals surface area contributed by atoms with Gasteiger partial charge in [-0.2, -0.15) is 0 Å². The summed E-state index contributed by atoms with van der Waals surface area (Å²) < 4.78 is 0. The van der Waals surface area contributed by atoms with E-state index in [1.807, 2.05) is 36.4 Å². The van der Waals surface area contributed by atoms with Gasteiger partial charge in [0, 0.05) is 18.4 Å². The molecule has 2 aromatic rings. The summed E-state index contributed by atoms with van der Waals surface area (Å²) >= 11 is 12.4. The fourth-order valence-corrected chi connectivity index (χ4v) is 4.76. The van der Waals surface area contributed by atoms with E-state index in [-0.39, 0.29) is 12.0 Å². The molecule has 0 saturated heterocycles. The minimum absolute atomic E-state index is 0.0961. The third kappa shape index (κ3) is 4.26. The van der Waals surface area contributed by atoms with Gasteiger partial charge in [-0.15, -0.1) is 0 Å². The van der Waals surface area contributed by atoms with Crippen LogP contribution in [0.3, 0.4) is 0 Å². The van der Waals surface area contributed by atoms with Crippen LogP contribution in [0, 0.1) is 5.92 Å². The molecule has 4 heteroatoms. The van der Waals surface area contributed by atoms with Gasteiger partial charge in [0.2, 0.25) is 0 Å². The van der Waals surface area contributed by atoms with Gasteiger partial charge in [0.05, 0.1) is 15.6 Å². The lowest BCUT2D eigenvalue weighted by molar-refractivity contribution is -0.0770. The minimum Gasteiger partial charge on any atom is -0.389 e. The van der Waals surface area contributed by atoms with Gasteiger partial charge in [-0.25, -0.2) is 0 Å². The maximum Gasteiger partial charge on any atom is 0.0734 e. The first kappa shape index (κ1) is 19.7. The Morgan fingerprint density at radius 1 is 1.08 bits per heavy atom. The quantitative estimate of drug-likeness (QED) is 0.699. The van der Waals surface area contributed by atoms with E-state index < -0.39 is 5.60 Å². The fourth-order valence-electron chi connectivity index (χ4n) is 4.46. The van der Waals surface area contributed by atoms with Crippen molar-refractivity contribution in [1.29, 1.82) is 0 Å². The van der Waals surface area contributed by atoms with Crippen LogP contribution in [0.2, 0.25) is 10.0 Å². The first-order valence-corrected chi connectivity index (χ1v) is 10.0. The van der Waals surface area contributed by atoms with Crippen LogP contribution in [-0.4, -0.2) is 29.7 Å². The molecule has 3 atom stereocenters. The minimum atomic E-state index is -0.722. The van der Waals surface area contributed by atoms with Crippen LogP contribution in [0.25, 0.3) is 0 Å². The molecule has 0 spiro atoms. The third-order valence-electron chi connectivity index (χ3n) is 5.64. The molecule has 1 aliphatic carbocycles. The van der Waals surface area contributed by atoms with Crippen molar-refractivity contribution < 1.29 is 5.11 Å². The molecule has 2 aromatic carbocycles. The summed E-state index contributed by atoms with van der Waals surface area (Å²) in [6.07, 6.45) is 4.74. The average Bonchev–Trinajstić information content (AvgIpc) is 2.60. The molecular formula is C22H27Cl2NO. The van der Waals surface area contributed by atoms with Crippen LogP contribution in [-0.2, 0) is 6.42 Å². The molecule has 0 aromatic heterocycles. The maximum absolute atomic E-state index is 11.7. The van der Waals surface area contributed by atoms with Crippen LogP contribution in [0.4, 0.5) is 0 Å². The molecule has 0 aliphatic heterocycles. The zero-order valence-electron chi connectivity index (χ0n) is 15.5. The molecule has 0 radical (unpaired) electrons. The van der Waals surface area contributed by atoms with Crippen LogP contribution >= 0.6 is 23.2 Å². The van der Waals surface area contributed by atoms with Gasteiger partial charge in [0.25, 0.3) is 0 Å². The van der Waals surface area contributed by atoms with Crippen LogP contribution in [0.1, 0.15) is 42.9 Å². The maximum atomic E-state index is 11.7. The van der Waals surface area contributed by atoms with E-state index in [9.17, 15) is 5.11 Å². The number of hydrogen-bond acceptors (Lipinski definition) is 2. The second-order valence-corrected chi connectivity index (χ2v) is 8.51. The SMILES string of the molecule is CN(C)C(c1ccc(Cl)c(Cl)c1)C1CCCCC1(O)Cc1ccccc1. The number of halogens is 2. The first-order valence-electron chi connectivity index (χ1n) is 9.28. The Hall–Kier alpha value is -1.06. The van der Waals surface area contributed by atoms with E-state index in [0.717, 1.165) is 31.2 Å². The monoisotopic (exact) mass is 391 g/mol. The Bertz CT molecular complexity index is 734. The first-order chi connectivity index (χ1) is 12.4. The van der Waals surface area contributed by atoms with Crippen LogP contribution < -0.4 is 0 Å². The molecule has 0 amide bonds. The molecule has 0 bridgehead atoms. The normalized spacial score (nSPS) is 24.6. The fraction of sp³-hybridized carbons (Fsp3) is 0.455. The summed E-state index contributed by atoms with van der Waals surface area (Å²) in [6.45, 7) is 0. The predicted molar refractivity (Wildman–Crippen MR) is 110 cm³/mol. The van der Waals surface area contributed by atoms with E-state index >= 15 is 0 Å². The van der Waals surface area contributed by atoms with E-state index in [1.165, 1.54) is 5.56 Å². The largest absolute Gasteiger partial charge is 0.389 e. The molecule has 140 valence electrons. The van der Waals surface area contributed by atoms with Crippen molar-refractivity contribution in [3.05, 3.63) is 69.7 Å². The Morgan fingerprint density at radius 3 is 2.46 bits per heavy atom. The zero-order valence-corrected chi connectivity index (χ0v) is 17.0. The van der Waals surface area contributed by atoms with Crippen molar-refractivity contribution in [1.82, 2.24) is 4.90 Å². The van der Waals surface area contributed by atoms with E-state index in [4.69, 9.17) is 23.2 Å². The van der Waals surface area contributed by atoms with Crippen molar-refractivity contribution in [2.45, 2.75) is 43.7 Å². The summed E-state index contributed by atoms with van der Waals surface area (Å²) in [5.41, 5.74) is 1.58. The third-order valence-corrected chi connectivity index (χ3v) is 6.38. The number of aliphatic hydroxyl groups is 1. The molecule has 2 nitrogen and oxygen atoms in total. The Morgan fingerprint density at radius 2 is 1.81 bits per heavy atom. The molecule has 1 fully saturated rings. The van der Waals surface area contributed by atoms with Crippen molar-refractivity contribution in [2.24, 2.45) is 5.92 Å². The molecule has 0 heterocycles. The number of hydrogen-bond donors (Lipinski definition) is 1. The average molecular weight is 392 g/mol. The highest BCUT2D eigenvalue weighted by Gasteiger charge is 2.44. The highest BCUT2D eigenvalue weighted by molar-refractivity contribution is 6.42.